The normalized spacial score (nSPS) is 17.1. The second-order valence-electron chi connectivity index (χ2n) is 4.67. The van der Waals surface area contributed by atoms with Crippen LogP contribution in [-0.4, -0.2) is 41.5 Å². The average molecular weight is 262 g/mol. The molecule has 1 aromatic rings. The average Bonchev–Trinajstić information content (AvgIpc) is 2.92. The van der Waals surface area contributed by atoms with Crippen LogP contribution in [0, 0.1) is 0 Å². The van der Waals surface area contributed by atoms with Crippen LogP contribution in [-0.2, 0) is 9.59 Å². The first-order valence-corrected chi connectivity index (χ1v) is 6.47. The monoisotopic (exact) mass is 262 g/mol. The fourth-order valence-electron chi connectivity index (χ4n) is 2.42. The van der Waals surface area contributed by atoms with Crippen molar-refractivity contribution in [1.82, 2.24) is 10.2 Å². The van der Waals surface area contributed by atoms with Crippen molar-refractivity contribution in [3.63, 3.8) is 0 Å². The lowest BCUT2D eigenvalue weighted by Crippen LogP contribution is -2.41. The van der Waals surface area contributed by atoms with Gasteiger partial charge in [-0.1, -0.05) is 30.3 Å². The number of carboxylic acid groups (broad SMARTS) is 1. The fraction of sp³-hybridized carbons (Fsp3) is 0.429. The number of nitrogens with one attached hydrogen (secondary N) is 1. The highest BCUT2D eigenvalue weighted by Gasteiger charge is 2.29. The van der Waals surface area contributed by atoms with Crippen LogP contribution in [0.3, 0.4) is 0 Å². The van der Waals surface area contributed by atoms with Gasteiger partial charge in [0.25, 0.3) is 0 Å². The maximum absolute atomic E-state index is 12.2. The number of likely N-dealkylation sites (tertiary alicyclic amines) is 1. The molecule has 0 bridgehead atoms. The highest BCUT2D eigenvalue weighted by atomic mass is 16.4. The Hall–Kier alpha value is -1.88. The number of benzene rings is 1. The molecule has 0 radical (unpaired) electrons. The molecule has 1 amide bonds. The molecule has 1 saturated heterocycles. The van der Waals surface area contributed by atoms with Gasteiger partial charge >= 0.3 is 5.97 Å². The zero-order valence-corrected chi connectivity index (χ0v) is 10.7. The molecule has 2 rings (SSSR count). The maximum Gasteiger partial charge on any atom is 0.322 e. The van der Waals surface area contributed by atoms with Crippen LogP contribution >= 0.6 is 0 Å². The summed E-state index contributed by atoms with van der Waals surface area (Å²) in [5.74, 6) is -1.27. The molecule has 1 heterocycles. The first-order valence-electron chi connectivity index (χ1n) is 6.47. The van der Waals surface area contributed by atoms with Gasteiger partial charge in [-0.2, -0.15) is 0 Å². The van der Waals surface area contributed by atoms with E-state index in [1.54, 1.807) is 0 Å². The second kappa shape index (κ2) is 6.33. The molecule has 5 heteroatoms. The Labute approximate surface area is 112 Å². The van der Waals surface area contributed by atoms with Gasteiger partial charge in [-0.05, 0) is 31.5 Å². The second-order valence-corrected chi connectivity index (χ2v) is 4.67. The third-order valence-electron chi connectivity index (χ3n) is 3.28. The highest BCUT2D eigenvalue weighted by Crippen LogP contribution is 2.25. The number of aliphatic carboxylic acids is 1. The Morgan fingerprint density at radius 1 is 1.21 bits per heavy atom. The number of carbonyl (C=O) groups excluding carboxylic acids is 1. The minimum atomic E-state index is -1.03. The first-order chi connectivity index (χ1) is 9.18. The molecule has 5 nitrogen and oxygen atoms in total. The predicted molar refractivity (Wildman–Crippen MR) is 70.6 cm³/mol. The summed E-state index contributed by atoms with van der Waals surface area (Å²) in [6.07, 6.45) is 2.16. The minimum absolute atomic E-state index is 0.240. The largest absolute Gasteiger partial charge is 0.480 e. The van der Waals surface area contributed by atoms with Crippen molar-refractivity contribution in [1.29, 1.82) is 0 Å². The molecule has 0 spiro atoms. The van der Waals surface area contributed by atoms with Crippen LogP contribution in [0.25, 0.3) is 0 Å². The summed E-state index contributed by atoms with van der Waals surface area (Å²) in [5, 5.41) is 11.1. The van der Waals surface area contributed by atoms with Crippen molar-refractivity contribution in [2.75, 3.05) is 19.6 Å². The summed E-state index contributed by atoms with van der Waals surface area (Å²) in [4.78, 5) is 24.9. The fourth-order valence-corrected chi connectivity index (χ4v) is 2.42. The molecule has 102 valence electrons. The lowest BCUT2D eigenvalue weighted by atomic mass is 10.0. The van der Waals surface area contributed by atoms with Crippen LogP contribution in [0.15, 0.2) is 30.3 Å². The van der Waals surface area contributed by atoms with E-state index in [1.807, 2.05) is 30.3 Å². The van der Waals surface area contributed by atoms with E-state index in [9.17, 15) is 9.59 Å². The molecule has 1 fully saturated rings. The zero-order chi connectivity index (χ0) is 13.7. The molecular formula is C14H18N2O3. The molecule has 0 aliphatic carbocycles. The number of nitrogens with zero attached hydrogens (tertiary/aromatic N) is 1. The molecular weight excluding hydrogens is 244 g/mol. The number of rotatable bonds is 5. The van der Waals surface area contributed by atoms with Crippen molar-refractivity contribution in [2.45, 2.75) is 18.9 Å². The number of hydrogen-bond donors (Lipinski definition) is 2. The van der Waals surface area contributed by atoms with Gasteiger partial charge in [-0.3, -0.25) is 14.5 Å². The SMILES string of the molecule is O=C(O)CNC(=O)C(c1ccccc1)N1CCCC1. The summed E-state index contributed by atoms with van der Waals surface area (Å²) < 4.78 is 0. The zero-order valence-electron chi connectivity index (χ0n) is 10.7. The quantitative estimate of drug-likeness (QED) is 0.831. The molecule has 1 atom stereocenters. The summed E-state index contributed by atoms with van der Waals surface area (Å²) >= 11 is 0. The number of amides is 1. The van der Waals surface area contributed by atoms with E-state index >= 15 is 0 Å². The van der Waals surface area contributed by atoms with E-state index in [2.05, 4.69) is 10.2 Å². The molecule has 1 aromatic carbocycles. The molecule has 1 unspecified atom stereocenters. The number of hydrogen-bond acceptors (Lipinski definition) is 3. The Kier molecular flexibility index (Phi) is 4.52. The van der Waals surface area contributed by atoms with Crippen LogP contribution in [0.2, 0.25) is 0 Å². The van der Waals surface area contributed by atoms with Crippen molar-refractivity contribution in [2.24, 2.45) is 0 Å². The molecule has 2 N–H and O–H groups in total. The van der Waals surface area contributed by atoms with E-state index in [1.165, 1.54) is 0 Å². The maximum atomic E-state index is 12.2. The topological polar surface area (TPSA) is 69.6 Å². The van der Waals surface area contributed by atoms with E-state index in [0.29, 0.717) is 0 Å². The van der Waals surface area contributed by atoms with E-state index < -0.39 is 5.97 Å². The highest BCUT2D eigenvalue weighted by molar-refractivity contribution is 5.86. The van der Waals surface area contributed by atoms with Gasteiger partial charge in [0.1, 0.15) is 12.6 Å². The van der Waals surface area contributed by atoms with Crippen LogP contribution in [0.4, 0.5) is 0 Å². The summed E-state index contributed by atoms with van der Waals surface area (Å²) in [6, 6.07) is 9.11. The summed E-state index contributed by atoms with van der Waals surface area (Å²) in [6.45, 7) is 1.41. The van der Waals surface area contributed by atoms with Gasteiger partial charge in [-0.25, -0.2) is 0 Å². The van der Waals surface area contributed by atoms with Gasteiger partial charge in [0.05, 0.1) is 0 Å². The van der Waals surface area contributed by atoms with Crippen molar-refractivity contribution in [3.05, 3.63) is 35.9 Å². The standard InChI is InChI=1S/C14H18N2O3/c17-12(18)10-15-14(19)13(16-8-4-5-9-16)11-6-2-1-3-7-11/h1-3,6-7,13H,4-5,8-10H2,(H,15,19)(H,17,18). The third kappa shape index (κ3) is 3.54. The Morgan fingerprint density at radius 3 is 2.42 bits per heavy atom. The number of carboxylic acids is 1. The van der Waals surface area contributed by atoms with Gasteiger partial charge in [0.15, 0.2) is 0 Å². The molecule has 19 heavy (non-hydrogen) atoms. The minimum Gasteiger partial charge on any atom is -0.480 e. The van der Waals surface area contributed by atoms with Crippen molar-refractivity contribution < 1.29 is 14.7 Å². The van der Waals surface area contributed by atoms with Crippen LogP contribution in [0.5, 0.6) is 0 Å². The van der Waals surface area contributed by atoms with Gasteiger partial charge in [0.2, 0.25) is 5.91 Å². The van der Waals surface area contributed by atoms with Gasteiger partial charge in [-0.15, -0.1) is 0 Å². The van der Waals surface area contributed by atoms with Crippen LogP contribution in [0.1, 0.15) is 24.4 Å². The Morgan fingerprint density at radius 2 is 1.84 bits per heavy atom. The lowest BCUT2D eigenvalue weighted by molar-refractivity contribution is -0.138. The Balaban J connectivity index is 2.14. The van der Waals surface area contributed by atoms with Crippen LogP contribution < -0.4 is 5.32 Å². The van der Waals surface area contributed by atoms with E-state index in [0.717, 1.165) is 31.5 Å². The van der Waals surface area contributed by atoms with E-state index in [4.69, 9.17) is 5.11 Å². The molecule has 1 aliphatic rings. The first kappa shape index (κ1) is 13.5. The van der Waals surface area contributed by atoms with Crippen molar-refractivity contribution in [3.8, 4) is 0 Å². The number of carbonyl (C=O) groups is 2. The molecule has 0 aromatic heterocycles. The van der Waals surface area contributed by atoms with Gasteiger partial charge in [0, 0.05) is 0 Å². The summed E-state index contributed by atoms with van der Waals surface area (Å²) in [7, 11) is 0. The summed E-state index contributed by atoms with van der Waals surface area (Å²) in [5.41, 5.74) is 0.910. The van der Waals surface area contributed by atoms with E-state index in [-0.39, 0.29) is 18.5 Å². The molecule has 0 saturated carbocycles. The van der Waals surface area contributed by atoms with Gasteiger partial charge < -0.3 is 10.4 Å². The third-order valence-corrected chi connectivity index (χ3v) is 3.28. The Bertz CT molecular complexity index is 441. The molecule has 1 aliphatic heterocycles. The predicted octanol–water partition coefficient (Wildman–Crippen LogP) is 1.02. The smallest absolute Gasteiger partial charge is 0.322 e. The lowest BCUT2D eigenvalue weighted by Gasteiger charge is -2.26. The van der Waals surface area contributed by atoms with Crippen molar-refractivity contribution >= 4 is 11.9 Å².